The first-order chi connectivity index (χ1) is 14.6. The maximum absolute atomic E-state index is 12.0. The van der Waals surface area contributed by atoms with E-state index >= 15 is 0 Å². The van der Waals surface area contributed by atoms with Crippen molar-refractivity contribution in [3.8, 4) is 23.0 Å². The highest BCUT2D eigenvalue weighted by molar-refractivity contribution is 5.93. The molecule has 0 bridgehead atoms. The molecule has 10 heteroatoms. The molecule has 0 aliphatic heterocycles. The lowest BCUT2D eigenvalue weighted by Gasteiger charge is -2.08. The molecule has 152 valence electrons. The number of amides is 1. The number of aromatic nitrogens is 5. The number of pyridine rings is 1. The zero-order valence-corrected chi connectivity index (χ0v) is 16.0. The lowest BCUT2D eigenvalue weighted by atomic mass is 10.2. The largest absolute Gasteiger partial charge is 0.497 e. The van der Waals surface area contributed by atoms with Gasteiger partial charge in [0.25, 0.3) is 5.91 Å². The summed E-state index contributed by atoms with van der Waals surface area (Å²) in [5.74, 6) is 1.32. The van der Waals surface area contributed by atoms with Gasteiger partial charge in [-0.1, -0.05) is 12.1 Å². The predicted molar refractivity (Wildman–Crippen MR) is 108 cm³/mol. The SMILES string of the molecule is COc1cccc(-c2nnc3ccc(OCCNC(=O)c4ccc(=O)[nH]c4)nn23)c1. The molecule has 1 amide bonds. The van der Waals surface area contributed by atoms with E-state index in [2.05, 4.69) is 25.6 Å². The predicted octanol–water partition coefficient (Wildman–Crippen LogP) is 1.30. The molecule has 2 N–H and O–H groups in total. The molecular weight excluding hydrogens is 388 g/mol. The molecule has 0 radical (unpaired) electrons. The molecule has 0 aliphatic rings. The first-order valence-corrected chi connectivity index (χ1v) is 9.11. The Morgan fingerprint density at radius 3 is 2.87 bits per heavy atom. The zero-order chi connectivity index (χ0) is 20.9. The topological polar surface area (TPSA) is 123 Å². The summed E-state index contributed by atoms with van der Waals surface area (Å²) in [6.45, 7) is 0.479. The van der Waals surface area contributed by atoms with E-state index in [4.69, 9.17) is 9.47 Å². The molecule has 0 fully saturated rings. The summed E-state index contributed by atoms with van der Waals surface area (Å²) in [7, 11) is 1.60. The van der Waals surface area contributed by atoms with E-state index in [-0.39, 0.29) is 24.6 Å². The Balaban J connectivity index is 1.41. The summed E-state index contributed by atoms with van der Waals surface area (Å²) < 4.78 is 12.5. The smallest absolute Gasteiger partial charge is 0.252 e. The van der Waals surface area contributed by atoms with E-state index in [0.717, 1.165) is 5.56 Å². The Hall–Kier alpha value is -4.21. The molecule has 0 unspecified atom stereocenters. The number of hydrogen-bond acceptors (Lipinski definition) is 7. The number of ether oxygens (including phenoxy) is 2. The fraction of sp³-hybridized carbons (Fsp3) is 0.150. The van der Waals surface area contributed by atoms with Gasteiger partial charge in [-0.25, -0.2) is 0 Å². The molecule has 0 aliphatic carbocycles. The Bertz CT molecular complexity index is 1230. The van der Waals surface area contributed by atoms with Crippen LogP contribution in [0.15, 0.2) is 59.5 Å². The van der Waals surface area contributed by atoms with E-state index in [1.54, 1.807) is 23.8 Å². The maximum atomic E-state index is 12.0. The van der Waals surface area contributed by atoms with Crippen LogP contribution in [0.3, 0.4) is 0 Å². The second kappa shape index (κ2) is 8.43. The summed E-state index contributed by atoms with van der Waals surface area (Å²) >= 11 is 0. The Kier molecular flexibility index (Phi) is 5.37. The second-order valence-corrected chi connectivity index (χ2v) is 6.24. The van der Waals surface area contributed by atoms with Gasteiger partial charge in [-0.15, -0.1) is 15.3 Å². The molecule has 10 nitrogen and oxygen atoms in total. The van der Waals surface area contributed by atoms with Crippen LogP contribution < -0.4 is 20.3 Å². The van der Waals surface area contributed by atoms with Gasteiger partial charge in [-0.2, -0.15) is 4.52 Å². The highest BCUT2D eigenvalue weighted by Gasteiger charge is 2.11. The van der Waals surface area contributed by atoms with Crippen LogP contribution in [0.25, 0.3) is 17.0 Å². The van der Waals surface area contributed by atoms with Gasteiger partial charge in [0.15, 0.2) is 11.5 Å². The molecule has 0 spiro atoms. The average molecular weight is 406 g/mol. The van der Waals surface area contributed by atoms with Crippen LogP contribution in [-0.4, -0.2) is 51.0 Å². The molecule has 4 rings (SSSR count). The Morgan fingerprint density at radius 2 is 2.07 bits per heavy atom. The second-order valence-electron chi connectivity index (χ2n) is 6.24. The van der Waals surface area contributed by atoms with Gasteiger partial charge in [0, 0.05) is 23.9 Å². The molecule has 0 saturated carbocycles. The van der Waals surface area contributed by atoms with E-state index < -0.39 is 0 Å². The van der Waals surface area contributed by atoms with Crippen molar-refractivity contribution in [3.05, 3.63) is 70.6 Å². The number of carbonyl (C=O) groups is 1. The number of fused-ring (bicyclic) bond motifs is 1. The van der Waals surface area contributed by atoms with Gasteiger partial charge in [0.2, 0.25) is 11.4 Å². The van der Waals surface area contributed by atoms with Gasteiger partial charge >= 0.3 is 0 Å². The quantitative estimate of drug-likeness (QED) is 0.443. The normalized spacial score (nSPS) is 10.7. The summed E-state index contributed by atoms with van der Waals surface area (Å²) in [6, 6.07) is 13.6. The highest BCUT2D eigenvalue weighted by Crippen LogP contribution is 2.23. The molecule has 0 saturated heterocycles. The number of H-pyrrole nitrogens is 1. The molecule has 0 atom stereocenters. The van der Waals surface area contributed by atoms with E-state index in [1.807, 2.05) is 24.3 Å². The first-order valence-electron chi connectivity index (χ1n) is 9.11. The molecule has 3 aromatic heterocycles. The minimum Gasteiger partial charge on any atom is -0.497 e. The number of nitrogens with zero attached hydrogens (tertiary/aromatic N) is 4. The van der Waals surface area contributed by atoms with Crippen LogP contribution in [0.5, 0.6) is 11.6 Å². The molecule has 1 aromatic carbocycles. The molecule has 3 heterocycles. The maximum Gasteiger partial charge on any atom is 0.252 e. The van der Waals surface area contributed by atoms with Gasteiger partial charge in [-0.3, -0.25) is 9.59 Å². The van der Waals surface area contributed by atoms with E-state index in [9.17, 15) is 9.59 Å². The van der Waals surface area contributed by atoms with Crippen molar-refractivity contribution in [2.24, 2.45) is 0 Å². The van der Waals surface area contributed by atoms with Crippen LogP contribution in [0.2, 0.25) is 0 Å². The van der Waals surface area contributed by atoms with Crippen LogP contribution in [-0.2, 0) is 0 Å². The van der Waals surface area contributed by atoms with Crippen molar-refractivity contribution in [3.63, 3.8) is 0 Å². The third-order valence-electron chi connectivity index (χ3n) is 4.25. The summed E-state index contributed by atoms with van der Waals surface area (Å²) in [6.07, 6.45) is 1.36. The summed E-state index contributed by atoms with van der Waals surface area (Å²) in [5, 5.41) is 15.5. The van der Waals surface area contributed by atoms with Gasteiger partial charge in [0.1, 0.15) is 12.4 Å². The minimum absolute atomic E-state index is 0.213. The standard InChI is InChI=1S/C20H18N6O4/c1-29-15-4-2-3-13(11-15)19-24-23-16-6-8-18(25-26(16)19)30-10-9-21-20(28)14-5-7-17(27)22-12-14/h2-8,11-12H,9-10H2,1H3,(H,21,28)(H,22,27). The highest BCUT2D eigenvalue weighted by atomic mass is 16.5. The number of benzene rings is 1. The number of nitrogens with one attached hydrogen (secondary N) is 2. The molecule has 30 heavy (non-hydrogen) atoms. The lowest BCUT2D eigenvalue weighted by molar-refractivity contribution is 0.0946. The fourth-order valence-electron chi connectivity index (χ4n) is 2.77. The number of aromatic amines is 1. The number of rotatable bonds is 7. The Morgan fingerprint density at radius 1 is 1.17 bits per heavy atom. The van der Waals surface area contributed by atoms with Gasteiger partial charge in [0.05, 0.1) is 19.2 Å². The first kappa shape index (κ1) is 19.1. The lowest BCUT2D eigenvalue weighted by Crippen LogP contribution is -2.28. The number of methoxy groups -OCH3 is 1. The van der Waals surface area contributed by atoms with E-state index in [1.165, 1.54) is 18.3 Å². The average Bonchev–Trinajstić information content (AvgIpc) is 3.20. The molecular formula is C20H18N6O4. The van der Waals surface area contributed by atoms with Crippen molar-refractivity contribution in [1.29, 1.82) is 0 Å². The van der Waals surface area contributed by atoms with Crippen molar-refractivity contribution >= 4 is 11.6 Å². The Labute approximate surface area is 170 Å². The van der Waals surface area contributed by atoms with Crippen molar-refractivity contribution in [2.45, 2.75) is 0 Å². The van der Waals surface area contributed by atoms with Crippen molar-refractivity contribution in [2.75, 3.05) is 20.3 Å². The van der Waals surface area contributed by atoms with Crippen LogP contribution in [0.4, 0.5) is 0 Å². The summed E-state index contributed by atoms with van der Waals surface area (Å²) in [5.41, 5.74) is 1.48. The fourth-order valence-corrected chi connectivity index (χ4v) is 2.77. The van der Waals surface area contributed by atoms with E-state index in [0.29, 0.717) is 28.7 Å². The molecule has 4 aromatic rings. The van der Waals surface area contributed by atoms with Crippen LogP contribution in [0, 0.1) is 0 Å². The summed E-state index contributed by atoms with van der Waals surface area (Å²) in [4.78, 5) is 25.5. The number of hydrogen-bond donors (Lipinski definition) is 2. The third-order valence-corrected chi connectivity index (χ3v) is 4.25. The van der Waals surface area contributed by atoms with Gasteiger partial charge in [-0.05, 0) is 24.3 Å². The van der Waals surface area contributed by atoms with Gasteiger partial charge < -0.3 is 19.8 Å². The van der Waals surface area contributed by atoms with Crippen molar-refractivity contribution in [1.82, 2.24) is 30.1 Å². The van der Waals surface area contributed by atoms with Crippen LogP contribution >= 0.6 is 0 Å². The minimum atomic E-state index is -0.308. The third kappa shape index (κ3) is 4.12. The van der Waals surface area contributed by atoms with Crippen LogP contribution in [0.1, 0.15) is 10.4 Å². The zero-order valence-electron chi connectivity index (χ0n) is 16.0. The number of carbonyl (C=O) groups excluding carboxylic acids is 1. The monoisotopic (exact) mass is 406 g/mol. The van der Waals surface area contributed by atoms with Crippen molar-refractivity contribution < 1.29 is 14.3 Å².